The topological polar surface area (TPSA) is 84.9 Å². The maximum absolute atomic E-state index is 13.5. The number of hydrogen-bond acceptors (Lipinski definition) is 5. The highest BCUT2D eigenvalue weighted by atomic mass is 35.5. The van der Waals surface area contributed by atoms with Crippen LogP contribution < -0.4 is 19.1 Å². The van der Waals surface area contributed by atoms with Crippen LogP contribution in [0.5, 0.6) is 11.5 Å². The predicted molar refractivity (Wildman–Crippen MR) is 125 cm³/mol. The van der Waals surface area contributed by atoms with E-state index in [1.165, 1.54) is 32.4 Å². The van der Waals surface area contributed by atoms with Crippen LogP contribution in [0.3, 0.4) is 0 Å². The zero-order valence-corrected chi connectivity index (χ0v) is 19.4. The summed E-state index contributed by atoms with van der Waals surface area (Å²) in [4.78, 5) is 12.8. The van der Waals surface area contributed by atoms with E-state index in [0.717, 1.165) is 4.31 Å². The molecule has 168 valence electrons. The number of para-hydroxylation sites is 1. The molecule has 0 spiro atoms. The Kier molecular flexibility index (Phi) is 7.27. The third kappa shape index (κ3) is 4.98. The monoisotopic (exact) mass is 474 g/mol. The van der Waals surface area contributed by atoms with Gasteiger partial charge in [0.1, 0.15) is 6.54 Å². The number of amides is 1. The molecule has 32 heavy (non-hydrogen) atoms. The van der Waals surface area contributed by atoms with Gasteiger partial charge in [0.25, 0.3) is 10.0 Å². The lowest BCUT2D eigenvalue weighted by molar-refractivity contribution is -0.114. The largest absolute Gasteiger partial charge is 0.493 e. The highest BCUT2D eigenvalue weighted by Crippen LogP contribution is 2.32. The lowest BCUT2D eigenvalue weighted by Gasteiger charge is -2.24. The van der Waals surface area contributed by atoms with E-state index in [-0.39, 0.29) is 10.6 Å². The number of carbonyl (C=O) groups is 1. The number of methoxy groups -OCH3 is 2. The molecule has 7 nitrogen and oxygen atoms in total. The number of nitrogens with one attached hydrogen (secondary N) is 1. The number of hydrogen-bond donors (Lipinski definition) is 1. The van der Waals surface area contributed by atoms with Gasteiger partial charge in [-0.25, -0.2) is 8.42 Å². The lowest BCUT2D eigenvalue weighted by atomic mass is 10.2. The SMILES string of the molecule is COc1ccc(S(=O)(=O)N(CC(=O)Nc2cccc(Cl)c2C)c2ccccc2)cc1OC. The number of rotatable bonds is 8. The Morgan fingerprint density at radius 3 is 2.31 bits per heavy atom. The lowest BCUT2D eigenvalue weighted by Crippen LogP contribution is -2.38. The summed E-state index contributed by atoms with van der Waals surface area (Å²) in [5, 5.41) is 3.24. The number of nitrogens with zero attached hydrogens (tertiary/aromatic N) is 1. The first-order valence-corrected chi connectivity index (χ1v) is 11.4. The predicted octanol–water partition coefficient (Wildman–Crippen LogP) is 4.50. The van der Waals surface area contributed by atoms with E-state index in [1.54, 1.807) is 55.5 Å². The Bertz CT molecular complexity index is 1220. The van der Waals surface area contributed by atoms with E-state index >= 15 is 0 Å². The van der Waals surface area contributed by atoms with Crippen LogP contribution in [-0.2, 0) is 14.8 Å². The summed E-state index contributed by atoms with van der Waals surface area (Å²) in [6, 6.07) is 17.8. The molecule has 0 saturated heterocycles. The Morgan fingerprint density at radius 2 is 1.66 bits per heavy atom. The number of anilines is 2. The Balaban J connectivity index is 1.98. The molecule has 3 aromatic rings. The van der Waals surface area contributed by atoms with E-state index in [4.69, 9.17) is 21.1 Å². The van der Waals surface area contributed by atoms with Crippen LogP contribution >= 0.6 is 11.6 Å². The highest BCUT2D eigenvalue weighted by molar-refractivity contribution is 7.92. The molecule has 1 amide bonds. The minimum Gasteiger partial charge on any atom is -0.493 e. The molecule has 0 aromatic heterocycles. The second-order valence-electron chi connectivity index (χ2n) is 6.82. The molecule has 0 unspecified atom stereocenters. The van der Waals surface area contributed by atoms with Gasteiger partial charge < -0.3 is 14.8 Å². The van der Waals surface area contributed by atoms with Crippen molar-refractivity contribution in [1.29, 1.82) is 0 Å². The maximum atomic E-state index is 13.5. The molecule has 1 N–H and O–H groups in total. The van der Waals surface area contributed by atoms with Gasteiger partial charge in [0.2, 0.25) is 5.91 Å². The Morgan fingerprint density at radius 1 is 0.969 bits per heavy atom. The molecule has 0 aliphatic rings. The van der Waals surface area contributed by atoms with Gasteiger partial charge in [-0.05, 0) is 48.9 Å². The fourth-order valence-electron chi connectivity index (χ4n) is 3.08. The molecule has 0 atom stereocenters. The molecule has 9 heteroatoms. The van der Waals surface area contributed by atoms with Crippen molar-refractivity contribution in [3.8, 4) is 11.5 Å². The third-order valence-electron chi connectivity index (χ3n) is 4.82. The fourth-order valence-corrected chi connectivity index (χ4v) is 4.69. The molecule has 0 aliphatic carbocycles. The van der Waals surface area contributed by atoms with Crippen molar-refractivity contribution in [2.45, 2.75) is 11.8 Å². The van der Waals surface area contributed by atoms with Gasteiger partial charge >= 0.3 is 0 Å². The quantitative estimate of drug-likeness (QED) is 0.519. The van der Waals surface area contributed by atoms with E-state index in [1.807, 2.05) is 0 Å². The molecule has 0 saturated carbocycles. The minimum absolute atomic E-state index is 0.0364. The number of halogens is 1. The average molecular weight is 475 g/mol. The van der Waals surface area contributed by atoms with Crippen LogP contribution in [0.1, 0.15) is 5.56 Å². The van der Waals surface area contributed by atoms with E-state index in [9.17, 15) is 13.2 Å². The van der Waals surface area contributed by atoms with Crippen molar-refractivity contribution < 1.29 is 22.7 Å². The number of sulfonamides is 1. The smallest absolute Gasteiger partial charge is 0.264 e. The van der Waals surface area contributed by atoms with Crippen molar-refractivity contribution in [1.82, 2.24) is 0 Å². The van der Waals surface area contributed by atoms with Gasteiger partial charge in [0.05, 0.1) is 24.8 Å². The minimum atomic E-state index is -4.11. The van der Waals surface area contributed by atoms with Crippen LogP contribution in [0.25, 0.3) is 0 Å². The number of ether oxygens (including phenoxy) is 2. The van der Waals surface area contributed by atoms with Crippen molar-refractivity contribution in [3.63, 3.8) is 0 Å². The second-order valence-corrected chi connectivity index (χ2v) is 9.09. The van der Waals surface area contributed by atoms with Crippen LogP contribution in [0.4, 0.5) is 11.4 Å². The van der Waals surface area contributed by atoms with Crippen molar-refractivity contribution in [2.24, 2.45) is 0 Å². The van der Waals surface area contributed by atoms with Crippen LogP contribution in [0, 0.1) is 6.92 Å². The van der Waals surface area contributed by atoms with Gasteiger partial charge in [-0.1, -0.05) is 35.9 Å². The van der Waals surface area contributed by atoms with Crippen molar-refractivity contribution in [3.05, 3.63) is 77.3 Å². The molecule has 3 aromatic carbocycles. The molecule has 0 radical (unpaired) electrons. The summed E-state index contributed by atoms with van der Waals surface area (Å²) < 4.78 is 38.6. The first-order valence-electron chi connectivity index (χ1n) is 9.62. The van der Waals surface area contributed by atoms with Crippen LogP contribution in [0.2, 0.25) is 5.02 Å². The molecule has 0 heterocycles. The first kappa shape index (κ1) is 23.4. The van der Waals surface area contributed by atoms with Gasteiger partial charge in [-0.3, -0.25) is 9.10 Å². The van der Waals surface area contributed by atoms with Crippen molar-refractivity contribution >= 4 is 38.9 Å². The second kappa shape index (κ2) is 9.93. The van der Waals surface area contributed by atoms with E-state index < -0.39 is 22.5 Å². The summed E-state index contributed by atoms with van der Waals surface area (Å²) in [5.74, 6) is 0.149. The first-order chi connectivity index (χ1) is 15.3. The molecular weight excluding hydrogens is 452 g/mol. The van der Waals surface area contributed by atoms with Gasteiger partial charge in [0, 0.05) is 16.8 Å². The maximum Gasteiger partial charge on any atom is 0.264 e. The summed E-state index contributed by atoms with van der Waals surface area (Å²) in [6.45, 7) is 1.33. The summed E-state index contributed by atoms with van der Waals surface area (Å²) in [6.07, 6.45) is 0. The normalized spacial score (nSPS) is 11.0. The molecule has 0 fully saturated rings. The summed E-state index contributed by atoms with van der Waals surface area (Å²) in [7, 11) is -1.22. The zero-order valence-electron chi connectivity index (χ0n) is 17.8. The number of benzene rings is 3. The number of carbonyl (C=O) groups excluding carboxylic acids is 1. The van der Waals surface area contributed by atoms with Gasteiger partial charge in [-0.15, -0.1) is 0 Å². The standard InChI is InChI=1S/C23H23ClN2O5S/c1-16-19(24)10-7-11-20(16)25-23(27)15-26(17-8-5-4-6-9-17)32(28,29)18-12-13-21(30-2)22(14-18)31-3/h4-14H,15H2,1-3H3,(H,25,27). The summed E-state index contributed by atoms with van der Waals surface area (Å²) in [5.41, 5.74) is 1.55. The van der Waals surface area contributed by atoms with Gasteiger partial charge in [-0.2, -0.15) is 0 Å². The Labute approximate surface area is 192 Å². The molecular formula is C23H23ClN2O5S. The van der Waals surface area contributed by atoms with E-state index in [0.29, 0.717) is 27.7 Å². The van der Waals surface area contributed by atoms with Crippen LogP contribution in [-0.4, -0.2) is 35.1 Å². The third-order valence-corrected chi connectivity index (χ3v) is 7.00. The molecule has 0 aliphatic heterocycles. The van der Waals surface area contributed by atoms with Gasteiger partial charge in [0.15, 0.2) is 11.5 Å². The Hall–Kier alpha value is -3.23. The van der Waals surface area contributed by atoms with E-state index in [2.05, 4.69) is 5.32 Å². The fraction of sp³-hybridized carbons (Fsp3) is 0.174. The molecule has 3 rings (SSSR count). The molecule has 0 bridgehead atoms. The van der Waals surface area contributed by atoms with Crippen molar-refractivity contribution in [2.75, 3.05) is 30.4 Å². The summed E-state index contributed by atoms with van der Waals surface area (Å²) >= 11 is 6.13. The van der Waals surface area contributed by atoms with Crippen LogP contribution in [0.15, 0.2) is 71.6 Å². The zero-order chi connectivity index (χ0) is 23.3. The average Bonchev–Trinajstić information content (AvgIpc) is 2.80. The highest BCUT2D eigenvalue weighted by Gasteiger charge is 2.28.